The van der Waals surface area contributed by atoms with E-state index in [0.717, 1.165) is 19.3 Å². The topological polar surface area (TPSA) is 18.5 Å². The van der Waals surface area contributed by atoms with E-state index < -0.39 is 0 Å². The van der Waals surface area contributed by atoms with Gasteiger partial charge in [-0.3, -0.25) is 0 Å². The van der Waals surface area contributed by atoms with Gasteiger partial charge in [0.25, 0.3) is 0 Å². The number of halogens is 1. The molecule has 0 radical (unpaired) electrons. The zero-order valence-corrected chi connectivity index (χ0v) is 9.13. The third-order valence-corrected chi connectivity index (χ3v) is 4.15. The maximum Gasteiger partial charge on any atom is 0.178 e. The number of alkyl halides is 1. The highest BCUT2D eigenvalue weighted by Crippen LogP contribution is 2.43. The lowest BCUT2D eigenvalue weighted by molar-refractivity contribution is -0.172. The minimum atomic E-state index is -0.358. The van der Waals surface area contributed by atoms with Crippen LogP contribution in [0.1, 0.15) is 33.1 Å². The summed E-state index contributed by atoms with van der Waals surface area (Å²) in [6.07, 6.45) is 4.01. The van der Waals surface area contributed by atoms with Crippen molar-refractivity contribution >= 4 is 15.9 Å². The van der Waals surface area contributed by atoms with Crippen LogP contribution in [0.4, 0.5) is 0 Å². The van der Waals surface area contributed by atoms with Crippen LogP contribution in [0.25, 0.3) is 0 Å². The average Bonchev–Trinajstić information content (AvgIpc) is 2.33. The minimum absolute atomic E-state index is 0.317. The summed E-state index contributed by atoms with van der Waals surface area (Å²) in [6.45, 7) is 4.19. The summed E-state index contributed by atoms with van der Waals surface area (Å²) in [7, 11) is 0. The highest BCUT2D eigenvalue weighted by molar-refractivity contribution is 9.09. The number of fused-ring (bicyclic) bond motifs is 2. The Morgan fingerprint density at radius 3 is 2.75 bits per heavy atom. The van der Waals surface area contributed by atoms with E-state index in [0.29, 0.717) is 17.0 Å². The summed E-state index contributed by atoms with van der Waals surface area (Å²) in [5.41, 5.74) is 0. The van der Waals surface area contributed by atoms with E-state index >= 15 is 0 Å². The highest BCUT2D eigenvalue weighted by Gasteiger charge is 2.51. The van der Waals surface area contributed by atoms with E-state index in [-0.39, 0.29) is 5.79 Å². The Labute approximate surface area is 81.7 Å². The maximum atomic E-state index is 5.87. The van der Waals surface area contributed by atoms with Gasteiger partial charge in [-0.1, -0.05) is 22.9 Å². The van der Waals surface area contributed by atoms with E-state index in [2.05, 4.69) is 22.9 Å². The molecule has 2 aliphatic heterocycles. The first-order valence-electron chi connectivity index (χ1n) is 4.65. The van der Waals surface area contributed by atoms with Crippen molar-refractivity contribution in [2.24, 2.45) is 0 Å². The molecular formula is C9H15BrO2. The lowest BCUT2D eigenvalue weighted by Crippen LogP contribution is -2.40. The van der Waals surface area contributed by atoms with Gasteiger partial charge in [0.05, 0.1) is 17.0 Å². The van der Waals surface area contributed by atoms with Crippen LogP contribution in [0.3, 0.4) is 0 Å². The van der Waals surface area contributed by atoms with Crippen LogP contribution in [0.5, 0.6) is 0 Å². The first-order chi connectivity index (χ1) is 5.65. The lowest BCUT2D eigenvalue weighted by atomic mass is 10.0. The predicted molar refractivity (Wildman–Crippen MR) is 50.4 cm³/mol. The Balaban J connectivity index is 2.15. The smallest absolute Gasteiger partial charge is 0.178 e. The third-order valence-electron chi connectivity index (χ3n) is 2.86. The van der Waals surface area contributed by atoms with Gasteiger partial charge >= 0.3 is 0 Å². The molecule has 0 aromatic heterocycles. The van der Waals surface area contributed by atoms with Gasteiger partial charge in [0, 0.05) is 0 Å². The van der Waals surface area contributed by atoms with Crippen molar-refractivity contribution in [1.82, 2.24) is 0 Å². The molecule has 12 heavy (non-hydrogen) atoms. The van der Waals surface area contributed by atoms with E-state index in [9.17, 15) is 0 Å². The van der Waals surface area contributed by atoms with Crippen LogP contribution in [0.2, 0.25) is 0 Å². The molecule has 0 aliphatic carbocycles. The molecule has 2 bridgehead atoms. The standard InChI is InChI=1S/C9H15BrO2/c1-3-6-7-4-5-8(10)9(2,11-6)12-7/h6-8H,3-5H2,1-2H3/t6-,7-,8?,9+/m1/s1. The Morgan fingerprint density at radius 1 is 1.42 bits per heavy atom. The zero-order chi connectivity index (χ0) is 8.77. The number of hydrogen-bond acceptors (Lipinski definition) is 2. The van der Waals surface area contributed by atoms with Crippen molar-refractivity contribution in [2.45, 2.75) is 55.9 Å². The van der Waals surface area contributed by atoms with Gasteiger partial charge in [0.1, 0.15) is 0 Å². The summed E-state index contributed by atoms with van der Waals surface area (Å²) in [4.78, 5) is 0.359. The van der Waals surface area contributed by atoms with E-state index in [4.69, 9.17) is 9.47 Å². The molecule has 0 saturated carbocycles. The molecule has 0 aromatic carbocycles. The summed E-state index contributed by atoms with van der Waals surface area (Å²) in [5.74, 6) is -0.358. The molecule has 4 atom stereocenters. The summed E-state index contributed by atoms with van der Waals surface area (Å²) >= 11 is 3.60. The van der Waals surface area contributed by atoms with E-state index in [1.54, 1.807) is 0 Å². The lowest BCUT2D eigenvalue weighted by Gasteiger charge is -2.32. The van der Waals surface area contributed by atoms with Gasteiger partial charge in [0.15, 0.2) is 5.79 Å². The van der Waals surface area contributed by atoms with Crippen LogP contribution in [0, 0.1) is 0 Å². The Hall–Kier alpha value is 0.400. The number of ether oxygens (including phenoxy) is 2. The summed E-state index contributed by atoms with van der Waals surface area (Å²) in [5, 5.41) is 0. The second-order valence-corrected chi connectivity index (χ2v) is 4.89. The first-order valence-corrected chi connectivity index (χ1v) is 5.57. The minimum Gasteiger partial charge on any atom is -0.343 e. The van der Waals surface area contributed by atoms with Crippen LogP contribution in [0.15, 0.2) is 0 Å². The van der Waals surface area contributed by atoms with Gasteiger partial charge in [-0.2, -0.15) is 0 Å². The van der Waals surface area contributed by atoms with Gasteiger partial charge in [-0.15, -0.1) is 0 Å². The molecule has 2 saturated heterocycles. The van der Waals surface area contributed by atoms with E-state index in [1.165, 1.54) is 0 Å². The molecule has 0 N–H and O–H groups in total. The third kappa shape index (κ3) is 1.22. The zero-order valence-electron chi connectivity index (χ0n) is 7.55. The number of hydrogen-bond donors (Lipinski definition) is 0. The molecule has 2 nitrogen and oxygen atoms in total. The Morgan fingerprint density at radius 2 is 2.17 bits per heavy atom. The van der Waals surface area contributed by atoms with Crippen molar-refractivity contribution in [3.8, 4) is 0 Å². The number of rotatable bonds is 1. The largest absolute Gasteiger partial charge is 0.343 e. The van der Waals surface area contributed by atoms with Gasteiger partial charge in [0.2, 0.25) is 0 Å². The fourth-order valence-electron chi connectivity index (χ4n) is 2.09. The summed E-state index contributed by atoms with van der Waals surface area (Å²) < 4.78 is 11.7. The van der Waals surface area contributed by atoms with Crippen LogP contribution in [-0.2, 0) is 9.47 Å². The fraction of sp³-hybridized carbons (Fsp3) is 1.00. The Bertz CT molecular complexity index is 185. The Kier molecular flexibility index (Phi) is 2.22. The normalized spacial score (nSPS) is 52.8. The molecule has 0 spiro atoms. The molecule has 2 aliphatic rings. The van der Waals surface area contributed by atoms with Gasteiger partial charge < -0.3 is 9.47 Å². The summed E-state index contributed by atoms with van der Waals surface area (Å²) in [6, 6.07) is 0. The molecule has 2 heterocycles. The SMILES string of the molecule is CC[C@H]1O[C@@]2(C)O[C@@H]1CCC2Br. The van der Waals surface area contributed by atoms with Gasteiger partial charge in [-0.05, 0) is 26.2 Å². The van der Waals surface area contributed by atoms with Crippen LogP contribution in [-0.4, -0.2) is 22.8 Å². The van der Waals surface area contributed by atoms with Crippen molar-refractivity contribution in [3.05, 3.63) is 0 Å². The molecule has 2 rings (SSSR count). The molecule has 0 amide bonds. The molecular weight excluding hydrogens is 220 g/mol. The first kappa shape index (κ1) is 8.97. The molecule has 2 fully saturated rings. The molecule has 0 aromatic rings. The second-order valence-electron chi connectivity index (χ2n) is 3.78. The maximum absolute atomic E-state index is 5.87. The van der Waals surface area contributed by atoms with Crippen molar-refractivity contribution < 1.29 is 9.47 Å². The van der Waals surface area contributed by atoms with Crippen molar-refractivity contribution in [2.75, 3.05) is 0 Å². The van der Waals surface area contributed by atoms with E-state index in [1.807, 2.05) is 6.92 Å². The molecule has 3 heteroatoms. The molecule has 70 valence electrons. The highest BCUT2D eigenvalue weighted by atomic mass is 79.9. The van der Waals surface area contributed by atoms with Gasteiger partial charge in [-0.25, -0.2) is 0 Å². The second kappa shape index (κ2) is 2.96. The van der Waals surface area contributed by atoms with Crippen LogP contribution >= 0.6 is 15.9 Å². The molecule has 1 unspecified atom stereocenters. The predicted octanol–water partition coefficient (Wildman–Crippen LogP) is 2.45. The van der Waals surface area contributed by atoms with Crippen molar-refractivity contribution in [3.63, 3.8) is 0 Å². The monoisotopic (exact) mass is 234 g/mol. The van der Waals surface area contributed by atoms with Crippen molar-refractivity contribution in [1.29, 1.82) is 0 Å². The average molecular weight is 235 g/mol. The fourth-order valence-corrected chi connectivity index (χ4v) is 2.57. The quantitative estimate of drug-likeness (QED) is 0.650. The van der Waals surface area contributed by atoms with Crippen LogP contribution < -0.4 is 0 Å².